The van der Waals surface area contributed by atoms with Crippen LogP contribution < -0.4 is 5.32 Å². The molecule has 1 N–H and O–H groups in total. The lowest BCUT2D eigenvalue weighted by molar-refractivity contribution is -0.383. The Kier molecular flexibility index (Phi) is 3.73. The SMILES string of the molecule is CC1CCCC1CNc1ccc([N+](=O)[O-])c2cnccc12. The van der Waals surface area contributed by atoms with Gasteiger partial charge < -0.3 is 5.32 Å². The average molecular weight is 285 g/mol. The van der Waals surface area contributed by atoms with Crippen LogP contribution in [0.1, 0.15) is 26.2 Å². The molecule has 5 nitrogen and oxygen atoms in total. The summed E-state index contributed by atoms with van der Waals surface area (Å²) >= 11 is 0. The van der Waals surface area contributed by atoms with Crippen molar-refractivity contribution in [1.82, 2.24) is 4.98 Å². The topological polar surface area (TPSA) is 68.1 Å². The smallest absolute Gasteiger partial charge is 0.278 e. The van der Waals surface area contributed by atoms with Gasteiger partial charge in [-0.2, -0.15) is 0 Å². The minimum atomic E-state index is -0.354. The van der Waals surface area contributed by atoms with Crippen LogP contribution >= 0.6 is 0 Å². The number of rotatable bonds is 4. The first-order chi connectivity index (χ1) is 10.2. The number of anilines is 1. The molecule has 0 bridgehead atoms. The highest BCUT2D eigenvalue weighted by Crippen LogP contribution is 2.34. The van der Waals surface area contributed by atoms with Crippen LogP contribution in [0.25, 0.3) is 10.8 Å². The summed E-state index contributed by atoms with van der Waals surface area (Å²) in [7, 11) is 0. The molecule has 0 saturated heterocycles. The third-order valence-electron chi connectivity index (χ3n) is 4.59. The Balaban J connectivity index is 1.89. The Labute approximate surface area is 123 Å². The number of hydrogen-bond donors (Lipinski definition) is 1. The normalized spacial score (nSPS) is 21.6. The van der Waals surface area contributed by atoms with Gasteiger partial charge in [-0.15, -0.1) is 0 Å². The maximum atomic E-state index is 11.1. The van der Waals surface area contributed by atoms with Gasteiger partial charge in [-0.3, -0.25) is 15.1 Å². The largest absolute Gasteiger partial charge is 0.384 e. The van der Waals surface area contributed by atoms with Gasteiger partial charge in [-0.1, -0.05) is 19.8 Å². The van der Waals surface area contributed by atoms with Crippen molar-refractivity contribution in [2.45, 2.75) is 26.2 Å². The zero-order valence-electron chi connectivity index (χ0n) is 12.1. The number of fused-ring (bicyclic) bond motifs is 1. The van der Waals surface area contributed by atoms with E-state index in [2.05, 4.69) is 17.2 Å². The summed E-state index contributed by atoms with van der Waals surface area (Å²) in [4.78, 5) is 14.8. The van der Waals surface area contributed by atoms with Crippen molar-refractivity contribution < 1.29 is 4.92 Å². The van der Waals surface area contributed by atoms with Gasteiger partial charge >= 0.3 is 0 Å². The third kappa shape index (κ3) is 2.68. The van der Waals surface area contributed by atoms with Crippen LogP contribution in [0, 0.1) is 22.0 Å². The number of nitrogens with zero attached hydrogens (tertiary/aromatic N) is 2. The second-order valence-corrected chi connectivity index (χ2v) is 5.86. The number of nitro groups is 1. The maximum Gasteiger partial charge on any atom is 0.278 e. The zero-order valence-corrected chi connectivity index (χ0v) is 12.1. The number of hydrogen-bond acceptors (Lipinski definition) is 4. The van der Waals surface area contributed by atoms with Gasteiger partial charge in [-0.05, 0) is 30.4 Å². The van der Waals surface area contributed by atoms with Crippen molar-refractivity contribution >= 4 is 22.1 Å². The average Bonchev–Trinajstić information content (AvgIpc) is 2.89. The van der Waals surface area contributed by atoms with E-state index in [1.807, 2.05) is 6.07 Å². The van der Waals surface area contributed by atoms with Crippen molar-refractivity contribution in [3.05, 3.63) is 40.7 Å². The molecular weight excluding hydrogens is 266 g/mol. The van der Waals surface area contributed by atoms with Crippen LogP contribution in [-0.2, 0) is 0 Å². The van der Waals surface area contributed by atoms with Crippen molar-refractivity contribution in [3.8, 4) is 0 Å². The van der Waals surface area contributed by atoms with E-state index in [1.54, 1.807) is 24.5 Å². The molecule has 0 amide bonds. The number of pyridine rings is 1. The van der Waals surface area contributed by atoms with Crippen LogP contribution in [0.2, 0.25) is 0 Å². The van der Waals surface area contributed by atoms with E-state index in [-0.39, 0.29) is 10.6 Å². The highest BCUT2D eigenvalue weighted by molar-refractivity contribution is 5.99. The molecule has 1 aromatic heterocycles. The molecule has 1 heterocycles. The molecular formula is C16H19N3O2. The van der Waals surface area contributed by atoms with Gasteiger partial charge in [0.15, 0.2) is 0 Å². The summed E-state index contributed by atoms with van der Waals surface area (Å²) in [5.74, 6) is 1.44. The van der Waals surface area contributed by atoms with E-state index in [0.717, 1.165) is 23.5 Å². The van der Waals surface area contributed by atoms with Gasteiger partial charge in [0.05, 0.1) is 10.3 Å². The summed E-state index contributed by atoms with van der Waals surface area (Å²) in [6.07, 6.45) is 7.11. The molecule has 2 atom stereocenters. The fraction of sp³-hybridized carbons (Fsp3) is 0.438. The first-order valence-corrected chi connectivity index (χ1v) is 7.42. The Morgan fingerprint density at radius 3 is 2.90 bits per heavy atom. The van der Waals surface area contributed by atoms with Gasteiger partial charge in [-0.25, -0.2) is 0 Å². The molecule has 0 aliphatic heterocycles. The van der Waals surface area contributed by atoms with Crippen LogP contribution in [0.5, 0.6) is 0 Å². The summed E-state index contributed by atoms with van der Waals surface area (Å²) < 4.78 is 0. The van der Waals surface area contributed by atoms with Crippen LogP contribution in [0.4, 0.5) is 11.4 Å². The van der Waals surface area contributed by atoms with E-state index < -0.39 is 0 Å². The number of benzene rings is 1. The third-order valence-corrected chi connectivity index (χ3v) is 4.59. The molecule has 1 fully saturated rings. The molecule has 0 spiro atoms. The molecule has 2 aromatic rings. The fourth-order valence-electron chi connectivity index (χ4n) is 3.26. The molecule has 21 heavy (non-hydrogen) atoms. The molecule has 1 aliphatic carbocycles. The van der Waals surface area contributed by atoms with Crippen molar-refractivity contribution in [3.63, 3.8) is 0 Å². The minimum absolute atomic E-state index is 0.109. The van der Waals surface area contributed by atoms with Gasteiger partial charge in [0.1, 0.15) is 0 Å². The molecule has 2 unspecified atom stereocenters. The Bertz CT molecular complexity index is 672. The van der Waals surface area contributed by atoms with E-state index >= 15 is 0 Å². The number of nitro benzene ring substituents is 1. The van der Waals surface area contributed by atoms with E-state index in [9.17, 15) is 10.1 Å². The second-order valence-electron chi connectivity index (χ2n) is 5.86. The van der Waals surface area contributed by atoms with Crippen LogP contribution in [0.15, 0.2) is 30.6 Å². The van der Waals surface area contributed by atoms with Crippen LogP contribution in [0.3, 0.4) is 0 Å². The van der Waals surface area contributed by atoms with Gasteiger partial charge in [0.25, 0.3) is 5.69 Å². The standard InChI is InChI=1S/C16H19N3O2/c1-11-3-2-4-12(11)9-18-15-5-6-16(19(20)21)14-10-17-8-7-13(14)15/h5-8,10-12,18H,2-4,9H2,1H3. The lowest BCUT2D eigenvalue weighted by Crippen LogP contribution is -2.16. The quantitative estimate of drug-likeness (QED) is 0.681. The summed E-state index contributed by atoms with van der Waals surface area (Å²) in [5.41, 5.74) is 1.06. The van der Waals surface area contributed by atoms with Gasteiger partial charge in [0.2, 0.25) is 0 Å². The first kappa shape index (κ1) is 13.8. The first-order valence-electron chi connectivity index (χ1n) is 7.42. The molecule has 5 heteroatoms. The molecule has 1 aliphatic rings. The summed E-state index contributed by atoms with van der Waals surface area (Å²) in [6.45, 7) is 3.23. The van der Waals surface area contributed by atoms with Crippen molar-refractivity contribution in [1.29, 1.82) is 0 Å². The summed E-state index contributed by atoms with van der Waals surface area (Å²) in [5, 5.41) is 16.0. The number of non-ortho nitro benzene ring substituents is 1. The second kappa shape index (κ2) is 5.68. The highest BCUT2D eigenvalue weighted by atomic mass is 16.6. The van der Waals surface area contributed by atoms with Crippen molar-refractivity contribution in [2.24, 2.45) is 11.8 Å². The molecule has 110 valence electrons. The lowest BCUT2D eigenvalue weighted by atomic mass is 9.98. The predicted molar refractivity (Wildman–Crippen MR) is 83.4 cm³/mol. The monoisotopic (exact) mass is 285 g/mol. The maximum absolute atomic E-state index is 11.1. The van der Waals surface area contributed by atoms with E-state index in [0.29, 0.717) is 11.3 Å². The number of aromatic nitrogens is 1. The van der Waals surface area contributed by atoms with E-state index in [1.165, 1.54) is 19.3 Å². The summed E-state index contributed by atoms with van der Waals surface area (Å²) in [6, 6.07) is 5.20. The predicted octanol–water partition coefficient (Wildman–Crippen LogP) is 3.99. The Morgan fingerprint density at radius 1 is 1.33 bits per heavy atom. The zero-order chi connectivity index (χ0) is 14.8. The number of nitrogens with one attached hydrogen (secondary N) is 1. The van der Waals surface area contributed by atoms with Gasteiger partial charge in [0, 0.05) is 36.1 Å². The molecule has 1 saturated carbocycles. The van der Waals surface area contributed by atoms with E-state index in [4.69, 9.17) is 0 Å². The minimum Gasteiger partial charge on any atom is -0.384 e. The molecule has 3 rings (SSSR count). The molecule has 1 aromatic carbocycles. The lowest BCUT2D eigenvalue weighted by Gasteiger charge is -2.17. The van der Waals surface area contributed by atoms with Crippen LogP contribution in [-0.4, -0.2) is 16.5 Å². The Hall–Kier alpha value is -2.17. The highest BCUT2D eigenvalue weighted by Gasteiger charge is 2.23. The Morgan fingerprint density at radius 2 is 2.19 bits per heavy atom. The van der Waals surface area contributed by atoms with Crippen molar-refractivity contribution in [2.75, 3.05) is 11.9 Å². The fourth-order valence-corrected chi connectivity index (χ4v) is 3.26. The molecule has 0 radical (unpaired) electrons.